The molecule has 1 aliphatic rings. The fourth-order valence-corrected chi connectivity index (χ4v) is 2.75. The SMILES string of the molecule is Cc1cccc(CC2CCCCCCC2=O)c1. The largest absolute Gasteiger partial charge is 0.299 e. The van der Waals surface area contributed by atoms with Crippen molar-refractivity contribution >= 4 is 5.78 Å². The predicted molar refractivity (Wildman–Crippen MR) is 71.1 cm³/mol. The smallest absolute Gasteiger partial charge is 0.136 e. The van der Waals surface area contributed by atoms with Gasteiger partial charge in [0.05, 0.1) is 0 Å². The standard InChI is InChI=1S/C16H22O/c1-13-7-6-8-14(11-13)12-15-9-4-2-3-5-10-16(15)17/h6-8,11,15H,2-5,9-10,12H2,1H3. The maximum absolute atomic E-state index is 12.1. The number of Topliss-reactive ketones (excluding diaryl/α,β-unsaturated/α-hetero) is 1. The Morgan fingerprint density at radius 2 is 2.00 bits per heavy atom. The van der Waals surface area contributed by atoms with Gasteiger partial charge in [0.15, 0.2) is 0 Å². The van der Waals surface area contributed by atoms with E-state index in [2.05, 4.69) is 31.2 Å². The van der Waals surface area contributed by atoms with Crippen molar-refractivity contribution in [3.05, 3.63) is 35.4 Å². The maximum atomic E-state index is 12.1. The Hall–Kier alpha value is -1.11. The molecule has 92 valence electrons. The van der Waals surface area contributed by atoms with Gasteiger partial charge in [-0.15, -0.1) is 0 Å². The van der Waals surface area contributed by atoms with Crippen LogP contribution in [0.25, 0.3) is 0 Å². The Morgan fingerprint density at radius 1 is 1.18 bits per heavy atom. The zero-order valence-corrected chi connectivity index (χ0v) is 10.7. The van der Waals surface area contributed by atoms with Crippen molar-refractivity contribution in [2.75, 3.05) is 0 Å². The molecule has 1 atom stereocenters. The highest BCUT2D eigenvalue weighted by Gasteiger charge is 2.19. The highest BCUT2D eigenvalue weighted by atomic mass is 16.1. The van der Waals surface area contributed by atoms with Crippen LogP contribution in [0.4, 0.5) is 0 Å². The normalized spacial score (nSPS) is 21.9. The van der Waals surface area contributed by atoms with Gasteiger partial charge in [0.2, 0.25) is 0 Å². The molecule has 1 unspecified atom stereocenters. The van der Waals surface area contributed by atoms with Gasteiger partial charge in [-0.25, -0.2) is 0 Å². The molecular formula is C16H22O. The van der Waals surface area contributed by atoms with Crippen molar-refractivity contribution in [1.29, 1.82) is 0 Å². The van der Waals surface area contributed by atoms with E-state index in [-0.39, 0.29) is 5.92 Å². The van der Waals surface area contributed by atoms with Crippen LogP contribution in [0.15, 0.2) is 24.3 Å². The van der Waals surface area contributed by atoms with Gasteiger partial charge in [-0.3, -0.25) is 4.79 Å². The molecule has 0 bridgehead atoms. The van der Waals surface area contributed by atoms with Crippen molar-refractivity contribution in [3.8, 4) is 0 Å². The Labute approximate surface area is 104 Å². The van der Waals surface area contributed by atoms with Crippen molar-refractivity contribution in [3.63, 3.8) is 0 Å². The van der Waals surface area contributed by atoms with E-state index in [4.69, 9.17) is 0 Å². The molecule has 0 heterocycles. The summed E-state index contributed by atoms with van der Waals surface area (Å²) in [5.41, 5.74) is 2.62. The van der Waals surface area contributed by atoms with Gasteiger partial charge in [0.1, 0.15) is 5.78 Å². The second-order valence-electron chi connectivity index (χ2n) is 5.31. The molecule has 1 saturated carbocycles. The van der Waals surface area contributed by atoms with Crippen LogP contribution in [0.5, 0.6) is 0 Å². The third-order valence-corrected chi connectivity index (χ3v) is 3.75. The third kappa shape index (κ3) is 3.69. The number of aryl methyl sites for hydroxylation is 1. The first kappa shape index (κ1) is 12.3. The average molecular weight is 230 g/mol. The number of hydrogen-bond acceptors (Lipinski definition) is 1. The molecule has 1 aromatic carbocycles. The first-order valence-corrected chi connectivity index (χ1v) is 6.84. The Morgan fingerprint density at radius 3 is 2.82 bits per heavy atom. The van der Waals surface area contributed by atoms with Crippen LogP contribution in [-0.2, 0) is 11.2 Å². The van der Waals surface area contributed by atoms with Crippen LogP contribution >= 0.6 is 0 Å². The summed E-state index contributed by atoms with van der Waals surface area (Å²) in [7, 11) is 0. The van der Waals surface area contributed by atoms with E-state index in [9.17, 15) is 4.79 Å². The van der Waals surface area contributed by atoms with Crippen LogP contribution in [-0.4, -0.2) is 5.78 Å². The van der Waals surface area contributed by atoms with E-state index in [1.807, 2.05) is 0 Å². The van der Waals surface area contributed by atoms with Crippen molar-refractivity contribution in [1.82, 2.24) is 0 Å². The van der Waals surface area contributed by atoms with E-state index in [1.165, 1.54) is 30.4 Å². The van der Waals surface area contributed by atoms with Gasteiger partial charge in [0.25, 0.3) is 0 Å². The molecule has 1 fully saturated rings. The molecule has 0 spiro atoms. The molecule has 17 heavy (non-hydrogen) atoms. The summed E-state index contributed by atoms with van der Waals surface area (Å²) in [6.45, 7) is 2.11. The second kappa shape index (κ2) is 6.00. The number of hydrogen-bond donors (Lipinski definition) is 0. The molecule has 1 aliphatic carbocycles. The van der Waals surface area contributed by atoms with E-state index >= 15 is 0 Å². The molecule has 0 aliphatic heterocycles. The second-order valence-corrected chi connectivity index (χ2v) is 5.31. The monoisotopic (exact) mass is 230 g/mol. The van der Waals surface area contributed by atoms with Gasteiger partial charge in [-0.05, 0) is 31.7 Å². The molecule has 0 N–H and O–H groups in total. The van der Waals surface area contributed by atoms with Crippen LogP contribution < -0.4 is 0 Å². The van der Waals surface area contributed by atoms with Gasteiger partial charge < -0.3 is 0 Å². The maximum Gasteiger partial charge on any atom is 0.136 e. The fourth-order valence-electron chi connectivity index (χ4n) is 2.75. The zero-order chi connectivity index (χ0) is 12.1. The molecule has 0 aromatic heterocycles. The molecule has 1 heteroatoms. The minimum Gasteiger partial charge on any atom is -0.299 e. The topological polar surface area (TPSA) is 17.1 Å². The van der Waals surface area contributed by atoms with E-state index < -0.39 is 0 Å². The lowest BCUT2D eigenvalue weighted by Gasteiger charge is -2.18. The first-order valence-electron chi connectivity index (χ1n) is 6.84. The molecule has 0 amide bonds. The number of ketones is 1. The van der Waals surface area contributed by atoms with Gasteiger partial charge in [-0.2, -0.15) is 0 Å². The molecule has 0 radical (unpaired) electrons. The number of carbonyl (C=O) groups excluding carboxylic acids is 1. The summed E-state index contributed by atoms with van der Waals surface area (Å²) in [5, 5.41) is 0. The quantitative estimate of drug-likeness (QED) is 0.748. The lowest BCUT2D eigenvalue weighted by Crippen LogP contribution is -2.18. The van der Waals surface area contributed by atoms with E-state index in [0.717, 1.165) is 25.7 Å². The summed E-state index contributed by atoms with van der Waals surface area (Å²) >= 11 is 0. The summed E-state index contributed by atoms with van der Waals surface area (Å²) in [6.07, 6.45) is 7.70. The Balaban J connectivity index is 2.02. The van der Waals surface area contributed by atoms with E-state index in [0.29, 0.717) is 5.78 Å². The molecule has 1 aromatic rings. The Bertz CT molecular complexity index is 381. The fraction of sp³-hybridized carbons (Fsp3) is 0.562. The molecular weight excluding hydrogens is 208 g/mol. The van der Waals surface area contributed by atoms with Crippen molar-refractivity contribution in [2.45, 2.75) is 51.9 Å². The number of rotatable bonds is 2. The highest BCUT2D eigenvalue weighted by molar-refractivity contribution is 5.81. The number of carbonyl (C=O) groups is 1. The predicted octanol–water partition coefficient (Wildman–Crippen LogP) is 4.08. The summed E-state index contributed by atoms with van der Waals surface area (Å²) in [6, 6.07) is 8.58. The molecule has 1 nitrogen and oxygen atoms in total. The van der Waals surface area contributed by atoms with Crippen LogP contribution in [0.3, 0.4) is 0 Å². The lowest BCUT2D eigenvalue weighted by atomic mass is 9.85. The highest BCUT2D eigenvalue weighted by Crippen LogP contribution is 2.23. The van der Waals surface area contributed by atoms with Crippen LogP contribution in [0.1, 0.15) is 49.7 Å². The minimum absolute atomic E-state index is 0.275. The van der Waals surface area contributed by atoms with Crippen molar-refractivity contribution < 1.29 is 4.79 Å². The van der Waals surface area contributed by atoms with Crippen LogP contribution in [0.2, 0.25) is 0 Å². The molecule has 0 saturated heterocycles. The van der Waals surface area contributed by atoms with Crippen LogP contribution in [0, 0.1) is 12.8 Å². The lowest BCUT2D eigenvalue weighted by molar-refractivity contribution is -0.123. The van der Waals surface area contributed by atoms with Gasteiger partial charge in [0, 0.05) is 12.3 Å². The number of benzene rings is 1. The van der Waals surface area contributed by atoms with Crippen molar-refractivity contribution in [2.24, 2.45) is 5.92 Å². The first-order chi connectivity index (χ1) is 8.25. The summed E-state index contributed by atoms with van der Waals surface area (Å²) in [4.78, 5) is 12.1. The minimum atomic E-state index is 0.275. The summed E-state index contributed by atoms with van der Waals surface area (Å²) < 4.78 is 0. The van der Waals surface area contributed by atoms with Gasteiger partial charge >= 0.3 is 0 Å². The molecule has 2 rings (SSSR count). The zero-order valence-electron chi connectivity index (χ0n) is 10.7. The third-order valence-electron chi connectivity index (χ3n) is 3.75. The van der Waals surface area contributed by atoms with E-state index in [1.54, 1.807) is 0 Å². The average Bonchev–Trinajstić information content (AvgIpc) is 2.29. The van der Waals surface area contributed by atoms with Gasteiger partial charge in [-0.1, -0.05) is 49.1 Å². The summed E-state index contributed by atoms with van der Waals surface area (Å²) in [5.74, 6) is 0.767. The Kier molecular flexibility index (Phi) is 4.36.